The summed E-state index contributed by atoms with van der Waals surface area (Å²) < 4.78 is 1.81. The van der Waals surface area contributed by atoms with Crippen molar-refractivity contribution in [3.8, 4) is 11.3 Å². The highest BCUT2D eigenvalue weighted by Crippen LogP contribution is 2.30. The maximum Gasteiger partial charge on any atom is 0.269 e. The molecule has 7 nitrogen and oxygen atoms in total. The Morgan fingerprint density at radius 3 is 2.57 bits per heavy atom. The molecule has 1 atom stereocenters. The number of benzene rings is 2. The van der Waals surface area contributed by atoms with E-state index in [-0.39, 0.29) is 17.9 Å². The van der Waals surface area contributed by atoms with Crippen LogP contribution < -0.4 is 11.1 Å². The highest BCUT2D eigenvalue weighted by Gasteiger charge is 2.20. The van der Waals surface area contributed by atoms with Crippen molar-refractivity contribution in [1.29, 1.82) is 0 Å². The van der Waals surface area contributed by atoms with Gasteiger partial charge in [0, 0.05) is 50.4 Å². The largest absolute Gasteiger partial charge is 0.346 e. The van der Waals surface area contributed by atoms with Crippen LogP contribution in [-0.4, -0.2) is 40.4 Å². The molecule has 35 heavy (non-hydrogen) atoms. The van der Waals surface area contributed by atoms with Gasteiger partial charge in [0.2, 0.25) is 0 Å². The maximum absolute atomic E-state index is 13.2. The first kappa shape index (κ1) is 24.2. The van der Waals surface area contributed by atoms with Crippen LogP contribution in [0.5, 0.6) is 0 Å². The molecule has 3 N–H and O–H groups in total. The van der Waals surface area contributed by atoms with E-state index in [1.54, 1.807) is 19.0 Å². The van der Waals surface area contributed by atoms with Crippen molar-refractivity contribution in [2.45, 2.75) is 26.4 Å². The summed E-state index contributed by atoms with van der Waals surface area (Å²) in [7, 11) is 5.32. The van der Waals surface area contributed by atoms with Crippen molar-refractivity contribution in [2.75, 3.05) is 14.1 Å². The van der Waals surface area contributed by atoms with E-state index in [9.17, 15) is 9.59 Å². The molecule has 180 valence electrons. The predicted molar refractivity (Wildman–Crippen MR) is 139 cm³/mol. The Morgan fingerprint density at radius 1 is 1.11 bits per heavy atom. The van der Waals surface area contributed by atoms with E-state index < -0.39 is 0 Å². The van der Waals surface area contributed by atoms with Gasteiger partial charge in [-0.1, -0.05) is 30.3 Å². The van der Waals surface area contributed by atoms with Crippen molar-refractivity contribution in [3.63, 3.8) is 0 Å². The number of hydrogen-bond acceptors (Lipinski definition) is 4. The van der Waals surface area contributed by atoms with E-state index in [0.717, 1.165) is 38.9 Å². The first-order valence-electron chi connectivity index (χ1n) is 11.6. The monoisotopic (exact) mass is 469 g/mol. The van der Waals surface area contributed by atoms with Gasteiger partial charge in [-0.2, -0.15) is 0 Å². The molecule has 2 amide bonds. The lowest BCUT2D eigenvalue weighted by atomic mass is 9.99. The van der Waals surface area contributed by atoms with Gasteiger partial charge in [-0.05, 0) is 54.8 Å². The van der Waals surface area contributed by atoms with E-state index in [1.165, 1.54) is 0 Å². The molecule has 4 aromatic rings. The van der Waals surface area contributed by atoms with Crippen LogP contribution in [0.15, 0.2) is 60.8 Å². The molecule has 0 spiro atoms. The SMILES string of the molecule is Cc1ccc(CN)cc1C(=O)N[C@H](C)c1cc(-c2cc(C(=O)N(C)C)n(C)c2)nc2ccccc12. The summed E-state index contributed by atoms with van der Waals surface area (Å²) in [5.74, 6) is -0.221. The minimum absolute atomic E-state index is 0.0736. The van der Waals surface area contributed by atoms with Gasteiger partial charge in [-0.15, -0.1) is 0 Å². The van der Waals surface area contributed by atoms with Gasteiger partial charge in [-0.25, -0.2) is 4.98 Å². The number of carbonyl (C=O) groups is 2. The lowest BCUT2D eigenvalue weighted by molar-refractivity contribution is 0.0818. The number of aromatic nitrogens is 2. The molecule has 0 radical (unpaired) electrons. The topological polar surface area (TPSA) is 93.2 Å². The van der Waals surface area contributed by atoms with Crippen LogP contribution in [0.2, 0.25) is 0 Å². The van der Waals surface area contributed by atoms with Crippen LogP contribution in [0.3, 0.4) is 0 Å². The van der Waals surface area contributed by atoms with Gasteiger partial charge in [-0.3, -0.25) is 9.59 Å². The summed E-state index contributed by atoms with van der Waals surface area (Å²) in [4.78, 5) is 32.1. The lowest BCUT2D eigenvalue weighted by Crippen LogP contribution is -2.27. The van der Waals surface area contributed by atoms with Crippen molar-refractivity contribution in [1.82, 2.24) is 19.8 Å². The van der Waals surface area contributed by atoms with Gasteiger partial charge in [0.1, 0.15) is 5.69 Å². The Kier molecular flexibility index (Phi) is 6.71. The normalized spacial score (nSPS) is 11.9. The maximum atomic E-state index is 13.2. The van der Waals surface area contributed by atoms with Crippen molar-refractivity contribution in [3.05, 3.63) is 88.7 Å². The van der Waals surface area contributed by atoms with Crippen molar-refractivity contribution < 1.29 is 9.59 Å². The zero-order chi connectivity index (χ0) is 25.3. The van der Waals surface area contributed by atoms with Crippen molar-refractivity contribution >= 4 is 22.7 Å². The van der Waals surface area contributed by atoms with Crippen LogP contribution in [0, 0.1) is 6.92 Å². The Hall–Kier alpha value is -3.97. The molecule has 0 aliphatic carbocycles. The average Bonchev–Trinajstić information content (AvgIpc) is 3.24. The molecule has 2 heterocycles. The molecular weight excluding hydrogens is 438 g/mol. The van der Waals surface area contributed by atoms with Crippen LogP contribution in [0.1, 0.15) is 50.5 Å². The first-order valence-corrected chi connectivity index (χ1v) is 11.6. The molecule has 0 aliphatic heterocycles. The van der Waals surface area contributed by atoms with Gasteiger partial charge in [0.25, 0.3) is 11.8 Å². The number of carbonyl (C=O) groups excluding carboxylic acids is 2. The number of nitrogens with two attached hydrogens (primary N) is 1. The summed E-state index contributed by atoms with van der Waals surface area (Å²) in [6.07, 6.45) is 1.91. The Bertz CT molecular complexity index is 1420. The van der Waals surface area contributed by atoms with Crippen LogP contribution >= 0.6 is 0 Å². The molecule has 7 heteroatoms. The molecule has 0 saturated heterocycles. The Labute approximate surface area is 205 Å². The van der Waals surface area contributed by atoms with Crippen LogP contribution in [0.4, 0.5) is 0 Å². The van der Waals surface area contributed by atoms with Crippen LogP contribution in [0.25, 0.3) is 22.2 Å². The third-order valence-electron chi connectivity index (χ3n) is 6.27. The quantitative estimate of drug-likeness (QED) is 0.443. The Balaban J connectivity index is 1.74. The van der Waals surface area contributed by atoms with Gasteiger partial charge in [0.05, 0.1) is 17.3 Å². The fourth-order valence-electron chi connectivity index (χ4n) is 4.25. The molecule has 0 saturated carbocycles. The van der Waals surface area contributed by atoms with E-state index in [2.05, 4.69) is 5.32 Å². The number of amides is 2. The molecule has 2 aromatic heterocycles. The standard InChI is InChI=1S/C28H31N5O2/c1-17-10-11-19(15-29)12-22(17)27(34)30-18(2)23-14-25(31-24-9-7-6-8-21(23)24)20-13-26(33(5)16-20)28(35)32(3)4/h6-14,16,18H,15,29H2,1-5H3,(H,30,34)/t18-/m1/s1. The number of para-hydroxylation sites is 1. The molecule has 0 unspecified atom stereocenters. The van der Waals surface area contributed by atoms with Crippen molar-refractivity contribution in [2.24, 2.45) is 12.8 Å². The van der Waals surface area contributed by atoms with Gasteiger partial charge in [0.15, 0.2) is 0 Å². The van der Waals surface area contributed by atoms with E-state index in [1.807, 2.05) is 86.3 Å². The smallest absolute Gasteiger partial charge is 0.269 e. The number of aryl methyl sites for hydroxylation is 2. The highest BCUT2D eigenvalue weighted by molar-refractivity contribution is 5.97. The molecule has 0 bridgehead atoms. The lowest BCUT2D eigenvalue weighted by Gasteiger charge is -2.18. The van der Waals surface area contributed by atoms with E-state index in [0.29, 0.717) is 17.8 Å². The summed E-state index contributed by atoms with van der Waals surface area (Å²) in [5, 5.41) is 4.12. The highest BCUT2D eigenvalue weighted by atomic mass is 16.2. The zero-order valence-corrected chi connectivity index (χ0v) is 20.8. The first-order chi connectivity index (χ1) is 16.7. The zero-order valence-electron chi connectivity index (χ0n) is 20.8. The van der Waals surface area contributed by atoms with Gasteiger partial charge < -0.3 is 20.5 Å². The van der Waals surface area contributed by atoms with E-state index >= 15 is 0 Å². The molecule has 0 fully saturated rings. The van der Waals surface area contributed by atoms with E-state index in [4.69, 9.17) is 10.7 Å². The molecule has 2 aromatic carbocycles. The fraction of sp³-hybridized carbons (Fsp3) is 0.250. The number of rotatable bonds is 6. The number of nitrogens with zero attached hydrogens (tertiary/aromatic N) is 3. The fourth-order valence-corrected chi connectivity index (χ4v) is 4.25. The second kappa shape index (κ2) is 9.72. The summed E-state index contributed by atoms with van der Waals surface area (Å²) in [6.45, 7) is 4.27. The number of hydrogen-bond donors (Lipinski definition) is 2. The average molecular weight is 470 g/mol. The van der Waals surface area contributed by atoms with Crippen LogP contribution in [-0.2, 0) is 13.6 Å². The summed E-state index contributed by atoms with van der Waals surface area (Å²) >= 11 is 0. The third-order valence-corrected chi connectivity index (χ3v) is 6.27. The number of nitrogens with one attached hydrogen (secondary N) is 1. The van der Waals surface area contributed by atoms with Gasteiger partial charge >= 0.3 is 0 Å². The minimum Gasteiger partial charge on any atom is -0.346 e. The summed E-state index contributed by atoms with van der Waals surface area (Å²) in [5.41, 5.74) is 12.2. The predicted octanol–water partition coefficient (Wildman–Crippen LogP) is 4.20. The number of pyridine rings is 1. The Morgan fingerprint density at radius 2 is 1.86 bits per heavy atom. The number of fused-ring (bicyclic) bond motifs is 1. The second-order valence-corrected chi connectivity index (χ2v) is 9.09. The third kappa shape index (κ3) is 4.81. The summed E-state index contributed by atoms with van der Waals surface area (Å²) in [6, 6.07) is 17.2. The molecular formula is C28H31N5O2. The molecule has 0 aliphatic rings. The second-order valence-electron chi connectivity index (χ2n) is 9.09. The minimum atomic E-state index is -0.276. The molecule has 4 rings (SSSR count).